The molecule has 4 nitrogen and oxygen atoms in total. The molecule has 2 N–H and O–H groups in total. The van der Waals surface area contributed by atoms with Crippen molar-refractivity contribution in [1.29, 1.82) is 0 Å². The number of amides is 1. The van der Waals surface area contributed by atoms with E-state index in [1.807, 2.05) is 0 Å². The van der Waals surface area contributed by atoms with E-state index >= 15 is 0 Å². The van der Waals surface area contributed by atoms with E-state index in [0.717, 1.165) is 12.3 Å². The molecule has 5 heteroatoms. The molecule has 1 aliphatic heterocycles. The van der Waals surface area contributed by atoms with Crippen LogP contribution in [0.25, 0.3) is 0 Å². The van der Waals surface area contributed by atoms with E-state index in [1.165, 1.54) is 51.4 Å². The SMILES string of the molecule is Cl.O=C(NCCOC1CCCC1)C1CC2CCCCC2N1. The van der Waals surface area contributed by atoms with Gasteiger partial charge in [0.15, 0.2) is 0 Å². The van der Waals surface area contributed by atoms with Gasteiger partial charge in [0, 0.05) is 12.6 Å². The van der Waals surface area contributed by atoms with Crippen molar-refractivity contribution in [2.45, 2.75) is 76.0 Å². The Morgan fingerprint density at radius 2 is 1.81 bits per heavy atom. The largest absolute Gasteiger partial charge is 0.376 e. The number of hydrogen-bond acceptors (Lipinski definition) is 3. The second-order valence-corrected chi connectivity index (χ2v) is 6.67. The molecule has 21 heavy (non-hydrogen) atoms. The average molecular weight is 317 g/mol. The Balaban J connectivity index is 0.00000161. The number of nitrogens with one attached hydrogen (secondary N) is 2. The Kier molecular flexibility index (Phi) is 6.77. The van der Waals surface area contributed by atoms with Gasteiger partial charge in [0.05, 0.1) is 18.8 Å². The first-order chi connectivity index (χ1) is 9.83. The van der Waals surface area contributed by atoms with Gasteiger partial charge in [-0.05, 0) is 38.0 Å². The van der Waals surface area contributed by atoms with E-state index in [2.05, 4.69) is 10.6 Å². The van der Waals surface area contributed by atoms with Gasteiger partial charge in [-0.1, -0.05) is 25.7 Å². The summed E-state index contributed by atoms with van der Waals surface area (Å²) in [5.74, 6) is 0.906. The lowest BCUT2D eigenvalue weighted by atomic mass is 9.85. The second kappa shape index (κ2) is 8.35. The summed E-state index contributed by atoms with van der Waals surface area (Å²) in [6, 6.07) is 0.629. The van der Waals surface area contributed by atoms with Crippen LogP contribution in [-0.4, -0.2) is 37.2 Å². The highest BCUT2D eigenvalue weighted by Gasteiger charge is 2.37. The van der Waals surface area contributed by atoms with E-state index in [4.69, 9.17) is 4.74 Å². The quantitative estimate of drug-likeness (QED) is 0.766. The molecule has 3 aliphatic rings. The third kappa shape index (κ3) is 4.57. The number of hydrogen-bond donors (Lipinski definition) is 2. The van der Waals surface area contributed by atoms with Gasteiger partial charge in [0.25, 0.3) is 0 Å². The lowest BCUT2D eigenvalue weighted by molar-refractivity contribution is -0.123. The van der Waals surface area contributed by atoms with Crippen molar-refractivity contribution >= 4 is 18.3 Å². The summed E-state index contributed by atoms with van der Waals surface area (Å²) in [7, 11) is 0. The Hall–Kier alpha value is -0.320. The summed E-state index contributed by atoms with van der Waals surface area (Å²) in [6.45, 7) is 1.32. The summed E-state index contributed by atoms with van der Waals surface area (Å²) >= 11 is 0. The molecule has 3 rings (SSSR count). The molecular weight excluding hydrogens is 288 g/mol. The maximum Gasteiger partial charge on any atom is 0.237 e. The van der Waals surface area contributed by atoms with Gasteiger partial charge in [0.1, 0.15) is 0 Å². The number of carbonyl (C=O) groups is 1. The first-order valence-corrected chi connectivity index (χ1v) is 8.48. The summed E-state index contributed by atoms with van der Waals surface area (Å²) < 4.78 is 5.78. The summed E-state index contributed by atoms with van der Waals surface area (Å²) in [5, 5.41) is 6.55. The molecule has 1 heterocycles. The van der Waals surface area contributed by atoms with E-state index in [1.54, 1.807) is 0 Å². The number of halogens is 1. The first-order valence-electron chi connectivity index (χ1n) is 8.48. The van der Waals surface area contributed by atoms with Gasteiger partial charge in [-0.3, -0.25) is 4.79 Å². The number of ether oxygens (including phenoxy) is 1. The van der Waals surface area contributed by atoms with Gasteiger partial charge in [0.2, 0.25) is 5.91 Å². The van der Waals surface area contributed by atoms with E-state index < -0.39 is 0 Å². The molecule has 122 valence electrons. The molecule has 3 unspecified atom stereocenters. The summed E-state index contributed by atoms with van der Waals surface area (Å²) in [5.41, 5.74) is 0. The normalized spacial score (nSPS) is 32.5. The van der Waals surface area contributed by atoms with Crippen molar-refractivity contribution < 1.29 is 9.53 Å². The lowest BCUT2D eigenvalue weighted by Gasteiger charge is -2.24. The summed E-state index contributed by atoms with van der Waals surface area (Å²) in [6.07, 6.45) is 11.7. The van der Waals surface area contributed by atoms with Crippen LogP contribution in [0.3, 0.4) is 0 Å². The topological polar surface area (TPSA) is 50.4 Å². The third-order valence-corrected chi connectivity index (χ3v) is 5.24. The van der Waals surface area contributed by atoms with Crippen LogP contribution in [0.5, 0.6) is 0 Å². The van der Waals surface area contributed by atoms with Crippen LogP contribution in [0.4, 0.5) is 0 Å². The summed E-state index contributed by atoms with van der Waals surface area (Å²) in [4.78, 5) is 12.2. The van der Waals surface area contributed by atoms with Crippen molar-refractivity contribution in [2.75, 3.05) is 13.2 Å². The standard InChI is InChI=1S/C16H28N2O2.ClH/c19-16(17-9-10-20-13-6-2-3-7-13)15-11-12-5-1-4-8-14(12)18-15;/h12-15,18H,1-11H2,(H,17,19);1H. The molecule has 2 saturated carbocycles. The van der Waals surface area contributed by atoms with E-state index in [-0.39, 0.29) is 24.4 Å². The van der Waals surface area contributed by atoms with Crippen LogP contribution < -0.4 is 10.6 Å². The maximum atomic E-state index is 12.2. The van der Waals surface area contributed by atoms with Crippen LogP contribution in [-0.2, 0) is 9.53 Å². The fourth-order valence-electron chi connectivity index (χ4n) is 4.10. The molecule has 0 radical (unpaired) electrons. The Morgan fingerprint density at radius 3 is 2.57 bits per heavy atom. The second-order valence-electron chi connectivity index (χ2n) is 6.67. The molecule has 0 aromatic rings. The van der Waals surface area contributed by atoms with Gasteiger partial charge in [-0.25, -0.2) is 0 Å². The minimum atomic E-state index is 0. The van der Waals surface area contributed by atoms with Crippen LogP contribution in [0, 0.1) is 5.92 Å². The minimum Gasteiger partial charge on any atom is -0.376 e. The molecule has 1 amide bonds. The number of fused-ring (bicyclic) bond motifs is 1. The molecule has 2 aliphatic carbocycles. The van der Waals surface area contributed by atoms with Crippen molar-refractivity contribution in [1.82, 2.24) is 10.6 Å². The Morgan fingerprint density at radius 1 is 1.10 bits per heavy atom. The van der Waals surface area contributed by atoms with Crippen LogP contribution in [0.2, 0.25) is 0 Å². The zero-order valence-corrected chi connectivity index (χ0v) is 13.6. The van der Waals surface area contributed by atoms with Crippen molar-refractivity contribution in [2.24, 2.45) is 5.92 Å². The lowest BCUT2D eigenvalue weighted by Crippen LogP contribution is -2.44. The molecule has 0 bridgehead atoms. The molecule has 0 spiro atoms. The zero-order valence-electron chi connectivity index (χ0n) is 12.8. The minimum absolute atomic E-state index is 0. The highest BCUT2D eigenvalue weighted by Crippen LogP contribution is 2.33. The zero-order chi connectivity index (χ0) is 13.8. The smallest absolute Gasteiger partial charge is 0.237 e. The molecule has 0 aromatic carbocycles. The van der Waals surface area contributed by atoms with Crippen LogP contribution in [0.1, 0.15) is 57.8 Å². The maximum absolute atomic E-state index is 12.2. The van der Waals surface area contributed by atoms with Gasteiger partial charge in [-0.2, -0.15) is 0 Å². The highest BCUT2D eigenvalue weighted by molar-refractivity contribution is 5.85. The molecule has 0 aromatic heterocycles. The predicted octanol–water partition coefficient (Wildman–Crippen LogP) is 2.40. The fourth-order valence-corrected chi connectivity index (χ4v) is 4.10. The molecule has 3 atom stereocenters. The van der Waals surface area contributed by atoms with E-state index in [9.17, 15) is 4.79 Å². The van der Waals surface area contributed by atoms with E-state index in [0.29, 0.717) is 25.3 Å². The Bertz CT molecular complexity index is 320. The first kappa shape index (κ1) is 17.0. The number of carbonyl (C=O) groups excluding carboxylic acids is 1. The molecule has 1 saturated heterocycles. The van der Waals surface area contributed by atoms with Gasteiger partial charge >= 0.3 is 0 Å². The predicted molar refractivity (Wildman–Crippen MR) is 85.8 cm³/mol. The Labute approximate surface area is 134 Å². The van der Waals surface area contributed by atoms with Crippen molar-refractivity contribution in [3.63, 3.8) is 0 Å². The van der Waals surface area contributed by atoms with Crippen LogP contribution >= 0.6 is 12.4 Å². The molecule has 3 fully saturated rings. The van der Waals surface area contributed by atoms with Crippen molar-refractivity contribution in [3.05, 3.63) is 0 Å². The number of rotatable bonds is 5. The molecular formula is C16H29ClN2O2. The van der Waals surface area contributed by atoms with Gasteiger partial charge < -0.3 is 15.4 Å². The highest BCUT2D eigenvalue weighted by atomic mass is 35.5. The monoisotopic (exact) mass is 316 g/mol. The fraction of sp³-hybridized carbons (Fsp3) is 0.938. The third-order valence-electron chi connectivity index (χ3n) is 5.24. The van der Waals surface area contributed by atoms with Crippen molar-refractivity contribution in [3.8, 4) is 0 Å². The van der Waals surface area contributed by atoms with Gasteiger partial charge in [-0.15, -0.1) is 12.4 Å². The average Bonchev–Trinajstić information content (AvgIpc) is 3.12. The van der Waals surface area contributed by atoms with Crippen LogP contribution in [0.15, 0.2) is 0 Å².